The van der Waals surface area contributed by atoms with Gasteiger partial charge in [0.05, 0.1) is 4.92 Å². The van der Waals surface area contributed by atoms with Gasteiger partial charge in [-0.25, -0.2) is 0 Å². The van der Waals surface area contributed by atoms with Crippen LogP contribution in [0.2, 0.25) is 5.02 Å². The highest BCUT2D eigenvalue weighted by Gasteiger charge is 2.28. The number of nitrogens with two attached hydrogens (primary N) is 1. The average molecular weight is 363 g/mol. The molecule has 0 atom stereocenters. The van der Waals surface area contributed by atoms with E-state index in [9.17, 15) is 10.1 Å². The van der Waals surface area contributed by atoms with Gasteiger partial charge in [0.1, 0.15) is 0 Å². The first kappa shape index (κ1) is 17.2. The first-order valence-corrected chi connectivity index (χ1v) is 8.47. The van der Waals surface area contributed by atoms with Gasteiger partial charge >= 0.3 is 5.69 Å². The fraction of sp³-hybridized carbons (Fsp3) is 0.375. The number of hydrogen-bond donors (Lipinski definition) is 2. The molecule has 0 aliphatic carbocycles. The summed E-state index contributed by atoms with van der Waals surface area (Å²) in [4.78, 5) is 21.2. The number of nitrogen functional groups attached to an aromatic ring is 1. The Kier molecular flexibility index (Phi) is 5.18. The quantitative estimate of drug-likeness (QED) is 0.620. The third kappa shape index (κ3) is 4.08. The second kappa shape index (κ2) is 7.52. The van der Waals surface area contributed by atoms with E-state index in [1.165, 1.54) is 0 Å². The van der Waals surface area contributed by atoms with E-state index < -0.39 is 4.92 Å². The summed E-state index contributed by atoms with van der Waals surface area (Å²) in [5.41, 5.74) is 6.61. The number of aromatic nitrogens is 2. The molecular weight excluding hydrogens is 344 g/mol. The normalized spacial score (nSPS) is 14.4. The lowest BCUT2D eigenvalue weighted by molar-refractivity contribution is -0.383. The van der Waals surface area contributed by atoms with Crippen LogP contribution in [0.4, 0.5) is 23.3 Å². The van der Waals surface area contributed by atoms with Crippen molar-refractivity contribution in [3.63, 3.8) is 0 Å². The second-order valence-corrected chi connectivity index (χ2v) is 6.33. The molecule has 0 saturated carbocycles. The Morgan fingerprint density at radius 2 is 1.88 bits per heavy atom. The van der Waals surface area contributed by atoms with Crippen molar-refractivity contribution >= 4 is 34.9 Å². The molecule has 3 rings (SSSR count). The average Bonchev–Trinajstić information content (AvgIpc) is 2.61. The zero-order valence-corrected chi connectivity index (χ0v) is 14.4. The van der Waals surface area contributed by atoms with E-state index in [2.05, 4.69) is 15.3 Å². The number of piperidine rings is 1. The molecule has 1 aliphatic heterocycles. The zero-order chi connectivity index (χ0) is 17.8. The van der Waals surface area contributed by atoms with Gasteiger partial charge in [-0.05, 0) is 37.0 Å². The monoisotopic (exact) mass is 362 g/mol. The van der Waals surface area contributed by atoms with E-state index in [-0.39, 0.29) is 23.3 Å². The van der Waals surface area contributed by atoms with Gasteiger partial charge in [-0.2, -0.15) is 9.97 Å². The lowest BCUT2D eigenvalue weighted by atomic mass is 10.1. The maximum atomic E-state index is 11.4. The molecule has 9 heteroatoms. The molecule has 0 spiro atoms. The Bertz CT molecular complexity index is 762. The first-order chi connectivity index (χ1) is 12.0. The Morgan fingerprint density at radius 1 is 1.20 bits per heavy atom. The minimum Gasteiger partial charge on any atom is -0.378 e. The number of nitro groups is 1. The van der Waals surface area contributed by atoms with Crippen LogP contribution in [0.5, 0.6) is 0 Å². The van der Waals surface area contributed by atoms with Gasteiger partial charge in [0.15, 0.2) is 0 Å². The van der Waals surface area contributed by atoms with Crippen molar-refractivity contribution in [2.45, 2.75) is 25.8 Å². The van der Waals surface area contributed by atoms with Crippen molar-refractivity contribution in [1.29, 1.82) is 0 Å². The van der Waals surface area contributed by atoms with Gasteiger partial charge in [-0.3, -0.25) is 10.1 Å². The SMILES string of the molecule is Nc1nc(NCc2ccc(Cl)cc2)nc(N2CCCCC2)c1[N+](=O)[O-]. The summed E-state index contributed by atoms with van der Waals surface area (Å²) in [6, 6.07) is 7.36. The topological polar surface area (TPSA) is 110 Å². The Balaban J connectivity index is 1.85. The van der Waals surface area contributed by atoms with Crippen LogP contribution >= 0.6 is 11.6 Å². The summed E-state index contributed by atoms with van der Waals surface area (Å²) in [5.74, 6) is 0.439. The molecule has 8 nitrogen and oxygen atoms in total. The number of rotatable bonds is 5. The van der Waals surface area contributed by atoms with Crippen molar-refractivity contribution in [3.8, 4) is 0 Å². The fourth-order valence-corrected chi connectivity index (χ4v) is 2.95. The number of nitrogens with zero attached hydrogens (tertiary/aromatic N) is 4. The van der Waals surface area contributed by atoms with Crippen molar-refractivity contribution in [2.24, 2.45) is 0 Å². The predicted molar refractivity (Wildman–Crippen MR) is 97.9 cm³/mol. The van der Waals surface area contributed by atoms with Crippen LogP contribution in [-0.2, 0) is 6.54 Å². The van der Waals surface area contributed by atoms with Crippen molar-refractivity contribution in [1.82, 2.24) is 9.97 Å². The van der Waals surface area contributed by atoms with Crippen molar-refractivity contribution in [3.05, 3.63) is 45.0 Å². The standard InChI is InChI=1S/C16H19ClN6O2/c17-12-6-4-11(5-7-12)10-19-16-20-14(18)13(23(24)25)15(21-16)22-8-2-1-3-9-22/h4-7H,1-3,8-10H2,(H3,18,19,20,21). The number of hydrogen-bond acceptors (Lipinski definition) is 7. The van der Waals surface area contributed by atoms with E-state index in [4.69, 9.17) is 17.3 Å². The number of benzene rings is 1. The molecule has 25 heavy (non-hydrogen) atoms. The van der Waals surface area contributed by atoms with Crippen molar-refractivity contribution < 1.29 is 4.92 Å². The van der Waals surface area contributed by atoms with E-state index in [0.717, 1.165) is 37.9 Å². The van der Waals surface area contributed by atoms with Gasteiger partial charge in [0, 0.05) is 24.7 Å². The largest absolute Gasteiger partial charge is 0.378 e. The minimum atomic E-state index is -0.512. The Morgan fingerprint density at radius 3 is 2.52 bits per heavy atom. The zero-order valence-electron chi connectivity index (χ0n) is 13.6. The summed E-state index contributed by atoms with van der Waals surface area (Å²) in [5, 5.41) is 15.1. The fourth-order valence-electron chi connectivity index (χ4n) is 2.82. The van der Waals surface area contributed by atoms with Crippen LogP contribution in [0.15, 0.2) is 24.3 Å². The number of anilines is 3. The lowest BCUT2D eigenvalue weighted by Gasteiger charge is -2.27. The van der Waals surface area contributed by atoms with Crippen LogP contribution in [0.25, 0.3) is 0 Å². The van der Waals surface area contributed by atoms with E-state index in [1.54, 1.807) is 12.1 Å². The van der Waals surface area contributed by atoms with Gasteiger partial charge < -0.3 is 16.0 Å². The van der Waals surface area contributed by atoms with Crippen molar-refractivity contribution in [2.75, 3.05) is 29.0 Å². The highest BCUT2D eigenvalue weighted by atomic mass is 35.5. The number of nitrogens with one attached hydrogen (secondary N) is 1. The molecule has 3 N–H and O–H groups in total. The van der Waals surface area contributed by atoms with Gasteiger partial charge in [0.2, 0.25) is 17.6 Å². The molecule has 0 amide bonds. The lowest BCUT2D eigenvalue weighted by Crippen LogP contribution is -2.31. The molecule has 0 bridgehead atoms. The molecule has 2 aromatic rings. The number of halogens is 1. The first-order valence-electron chi connectivity index (χ1n) is 8.10. The maximum absolute atomic E-state index is 11.4. The van der Waals surface area contributed by atoms with Crippen LogP contribution in [-0.4, -0.2) is 28.0 Å². The summed E-state index contributed by atoms with van der Waals surface area (Å²) in [7, 11) is 0. The maximum Gasteiger partial charge on any atom is 0.353 e. The molecule has 0 unspecified atom stereocenters. The minimum absolute atomic E-state index is 0.126. The molecule has 1 aromatic heterocycles. The second-order valence-electron chi connectivity index (χ2n) is 5.89. The van der Waals surface area contributed by atoms with Crippen LogP contribution < -0.4 is 16.0 Å². The third-order valence-electron chi connectivity index (χ3n) is 4.09. The predicted octanol–water partition coefficient (Wildman–Crippen LogP) is 3.22. The third-order valence-corrected chi connectivity index (χ3v) is 4.35. The van der Waals surface area contributed by atoms with Gasteiger partial charge in [0.25, 0.3) is 0 Å². The van der Waals surface area contributed by atoms with Gasteiger partial charge in [-0.1, -0.05) is 23.7 Å². The smallest absolute Gasteiger partial charge is 0.353 e. The summed E-state index contributed by atoms with van der Waals surface area (Å²) in [6.45, 7) is 1.93. The van der Waals surface area contributed by atoms with Crippen LogP contribution in [0, 0.1) is 10.1 Å². The molecule has 132 valence electrons. The summed E-state index contributed by atoms with van der Waals surface area (Å²) < 4.78 is 0. The molecule has 1 aromatic carbocycles. The van der Waals surface area contributed by atoms with Gasteiger partial charge in [-0.15, -0.1) is 0 Å². The highest BCUT2D eigenvalue weighted by molar-refractivity contribution is 6.30. The Labute approximate surface area is 150 Å². The van der Waals surface area contributed by atoms with Crippen LogP contribution in [0.1, 0.15) is 24.8 Å². The molecule has 1 aliphatic rings. The molecule has 2 heterocycles. The summed E-state index contributed by atoms with van der Waals surface area (Å²) in [6.07, 6.45) is 3.08. The van der Waals surface area contributed by atoms with E-state index in [1.807, 2.05) is 17.0 Å². The van der Waals surface area contributed by atoms with Crippen LogP contribution in [0.3, 0.4) is 0 Å². The van der Waals surface area contributed by atoms with E-state index in [0.29, 0.717) is 11.6 Å². The molecule has 1 fully saturated rings. The molecular formula is C16H19ClN6O2. The summed E-state index contributed by atoms with van der Waals surface area (Å²) >= 11 is 5.87. The molecule has 1 saturated heterocycles. The molecule has 0 radical (unpaired) electrons. The highest BCUT2D eigenvalue weighted by Crippen LogP contribution is 2.33. The van der Waals surface area contributed by atoms with E-state index >= 15 is 0 Å². The Hall–Kier alpha value is -2.61.